The van der Waals surface area contributed by atoms with Crippen molar-refractivity contribution < 1.29 is 13.9 Å². The van der Waals surface area contributed by atoms with E-state index in [-0.39, 0.29) is 18.7 Å². The average Bonchev–Trinajstić information content (AvgIpc) is 3.37. The summed E-state index contributed by atoms with van der Waals surface area (Å²) in [7, 11) is 1.79. The first kappa shape index (κ1) is 20.0. The van der Waals surface area contributed by atoms with E-state index in [0.717, 1.165) is 24.2 Å². The zero-order chi connectivity index (χ0) is 20.1. The summed E-state index contributed by atoms with van der Waals surface area (Å²) in [6, 6.07) is 11.1. The molecule has 3 rings (SSSR count). The molecule has 0 saturated carbocycles. The lowest BCUT2D eigenvalue weighted by Gasteiger charge is -2.23. The number of amides is 1. The Morgan fingerprint density at radius 2 is 2.18 bits per heavy atom. The number of ether oxygens (including phenoxy) is 1. The molecular weight excluding hydrogens is 378 g/mol. The minimum Gasteiger partial charge on any atom is -0.470 e. The van der Waals surface area contributed by atoms with E-state index < -0.39 is 0 Å². The minimum absolute atomic E-state index is 0.0603. The van der Waals surface area contributed by atoms with Gasteiger partial charge in [0.25, 0.3) is 5.91 Å². The Hall–Kier alpha value is -2.73. The van der Waals surface area contributed by atoms with E-state index in [0.29, 0.717) is 16.5 Å². The quantitative estimate of drug-likeness (QED) is 0.554. The third kappa shape index (κ3) is 4.95. The van der Waals surface area contributed by atoms with Gasteiger partial charge < -0.3 is 14.1 Å². The van der Waals surface area contributed by atoms with Gasteiger partial charge in [-0.1, -0.05) is 17.7 Å². The molecule has 2 heterocycles. The Bertz CT molecular complexity index is 921. The molecule has 3 aromatic rings. The van der Waals surface area contributed by atoms with Crippen LogP contribution >= 0.6 is 11.6 Å². The maximum Gasteiger partial charge on any atom is 0.274 e. The van der Waals surface area contributed by atoms with E-state index in [1.165, 1.54) is 0 Å². The lowest BCUT2D eigenvalue weighted by Crippen LogP contribution is -2.35. The van der Waals surface area contributed by atoms with Gasteiger partial charge in [0.1, 0.15) is 11.5 Å². The second-order valence-electron chi connectivity index (χ2n) is 6.83. The third-order valence-corrected chi connectivity index (χ3v) is 4.98. The molecule has 0 fully saturated rings. The van der Waals surface area contributed by atoms with E-state index in [4.69, 9.17) is 20.8 Å². The van der Waals surface area contributed by atoms with Crippen LogP contribution < -0.4 is 4.74 Å². The van der Waals surface area contributed by atoms with Gasteiger partial charge in [-0.05, 0) is 56.2 Å². The van der Waals surface area contributed by atoms with Gasteiger partial charge in [0.2, 0.25) is 0 Å². The average molecular weight is 402 g/mol. The lowest BCUT2D eigenvalue weighted by molar-refractivity contribution is 0.0728. The van der Waals surface area contributed by atoms with Crippen molar-refractivity contribution in [2.24, 2.45) is 0 Å². The number of carbonyl (C=O) groups is 1. The summed E-state index contributed by atoms with van der Waals surface area (Å²) < 4.78 is 12.6. The molecule has 0 saturated heterocycles. The molecule has 0 spiro atoms. The van der Waals surface area contributed by atoms with Gasteiger partial charge in [0.15, 0.2) is 12.4 Å². The predicted octanol–water partition coefficient (Wildman–Crippen LogP) is 4.57. The van der Waals surface area contributed by atoms with Crippen molar-refractivity contribution in [3.05, 3.63) is 70.9 Å². The Morgan fingerprint density at radius 1 is 1.36 bits per heavy atom. The number of nitrogens with zero attached hydrogens (tertiary/aromatic N) is 3. The van der Waals surface area contributed by atoms with Crippen LogP contribution in [0, 0.1) is 6.92 Å². The smallest absolute Gasteiger partial charge is 0.274 e. The first-order valence-corrected chi connectivity index (χ1v) is 9.54. The molecule has 1 amide bonds. The number of halogens is 1. The van der Waals surface area contributed by atoms with Gasteiger partial charge >= 0.3 is 0 Å². The van der Waals surface area contributed by atoms with Crippen LogP contribution in [0.4, 0.5) is 0 Å². The Balaban J connectivity index is 1.56. The molecule has 1 unspecified atom stereocenters. The molecular formula is C21H24ClN3O3. The first-order valence-electron chi connectivity index (χ1n) is 9.16. The molecule has 0 aliphatic heterocycles. The van der Waals surface area contributed by atoms with Crippen molar-refractivity contribution in [2.45, 2.75) is 39.5 Å². The number of benzene rings is 1. The molecule has 0 N–H and O–H groups in total. The van der Waals surface area contributed by atoms with Crippen LogP contribution in [0.25, 0.3) is 0 Å². The largest absolute Gasteiger partial charge is 0.470 e. The number of rotatable bonds is 8. The van der Waals surface area contributed by atoms with Crippen LogP contribution in [0.2, 0.25) is 5.02 Å². The van der Waals surface area contributed by atoms with Crippen molar-refractivity contribution in [3.8, 4) is 5.75 Å². The monoisotopic (exact) mass is 401 g/mol. The van der Waals surface area contributed by atoms with E-state index in [1.54, 1.807) is 41.2 Å². The summed E-state index contributed by atoms with van der Waals surface area (Å²) in [5.41, 5.74) is 1.44. The highest BCUT2D eigenvalue weighted by molar-refractivity contribution is 6.32. The van der Waals surface area contributed by atoms with Crippen molar-refractivity contribution in [1.82, 2.24) is 14.7 Å². The van der Waals surface area contributed by atoms with E-state index in [2.05, 4.69) is 5.10 Å². The maximum absolute atomic E-state index is 12.7. The van der Waals surface area contributed by atoms with Gasteiger partial charge in [-0.3, -0.25) is 4.79 Å². The number of hydrogen-bond donors (Lipinski definition) is 0. The van der Waals surface area contributed by atoms with Gasteiger partial charge in [0, 0.05) is 25.7 Å². The van der Waals surface area contributed by atoms with Crippen LogP contribution in [-0.2, 0) is 13.2 Å². The van der Waals surface area contributed by atoms with Crippen LogP contribution in [0.15, 0.2) is 53.3 Å². The Morgan fingerprint density at radius 3 is 2.93 bits per heavy atom. The van der Waals surface area contributed by atoms with Crippen molar-refractivity contribution in [1.29, 1.82) is 0 Å². The highest BCUT2D eigenvalue weighted by Gasteiger charge is 2.20. The SMILES string of the molecule is Cc1ccc(Cl)c(OCn2ccc(C(=O)N(C)C(C)CCc3ccco3)n2)c1. The molecule has 148 valence electrons. The molecule has 28 heavy (non-hydrogen) atoms. The minimum atomic E-state index is -0.126. The van der Waals surface area contributed by atoms with Crippen LogP contribution in [0.1, 0.15) is 35.2 Å². The summed E-state index contributed by atoms with van der Waals surface area (Å²) in [5.74, 6) is 1.39. The van der Waals surface area contributed by atoms with E-state index >= 15 is 0 Å². The van der Waals surface area contributed by atoms with Crippen molar-refractivity contribution in [2.75, 3.05) is 7.05 Å². The highest BCUT2D eigenvalue weighted by atomic mass is 35.5. The molecule has 0 radical (unpaired) electrons. The van der Waals surface area contributed by atoms with Crippen molar-refractivity contribution >= 4 is 17.5 Å². The van der Waals surface area contributed by atoms with E-state index in [9.17, 15) is 4.79 Å². The molecule has 2 aromatic heterocycles. The third-order valence-electron chi connectivity index (χ3n) is 4.67. The van der Waals surface area contributed by atoms with Gasteiger partial charge in [-0.25, -0.2) is 4.68 Å². The molecule has 1 atom stereocenters. The standard InChI is InChI=1S/C21H24ClN3O3/c1-15-6-9-18(22)20(13-15)28-14-25-11-10-19(23-25)21(26)24(3)16(2)7-8-17-5-4-12-27-17/h4-6,9-13,16H,7-8,14H2,1-3H3. The summed E-state index contributed by atoms with van der Waals surface area (Å²) in [6.45, 7) is 4.16. The first-order chi connectivity index (χ1) is 13.4. The Kier molecular flexibility index (Phi) is 6.41. The second-order valence-corrected chi connectivity index (χ2v) is 7.24. The maximum atomic E-state index is 12.7. The fraction of sp³-hybridized carbons (Fsp3) is 0.333. The fourth-order valence-electron chi connectivity index (χ4n) is 2.78. The normalized spacial score (nSPS) is 12.0. The number of carbonyl (C=O) groups excluding carboxylic acids is 1. The number of aryl methyl sites for hydroxylation is 2. The lowest BCUT2D eigenvalue weighted by atomic mass is 10.1. The van der Waals surface area contributed by atoms with Gasteiger partial charge in [-0.15, -0.1) is 0 Å². The zero-order valence-corrected chi connectivity index (χ0v) is 17.0. The zero-order valence-electron chi connectivity index (χ0n) is 16.3. The summed E-state index contributed by atoms with van der Waals surface area (Å²) in [6.07, 6.45) is 4.97. The number of hydrogen-bond acceptors (Lipinski definition) is 4. The molecule has 6 nitrogen and oxygen atoms in total. The van der Waals surface area contributed by atoms with E-state index in [1.807, 2.05) is 38.1 Å². The molecule has 7 heteroatoms. The fourth-order valence-corrected chi connectivity index (χ4v) is 2.96. The van der Waals surface area contributed by atoms with Crippen LogP contribution in [0.3, 0.4) is 0 Å². The molecule has 1 aromatic carbocycles. The van der Waals surface area contributed by atoms with Crippen LogP contribution in [-0.4, -0.2) is 33.7 Å². The van der Waals surface area contributed by atoms with Gasteiger partial charge in [-0.2, -0.15) is 5.10 Å². The molecule has 0 aliphatic rings. The van der Waals surface area contributed by atoms with Gasteiger partial charge in [0.05, 0.1) is 11.3 Å². The number of furan rings is 1. The highest BCUT2D eigenvalue weighted by Crippen LogP contribution is 2.25. The second kappa shape index (κ2) is 8.97. The van der Waals surface area contributed by atoms with Crippen molar-refractivity contribution in [3.63, 3.8) is 0 Å². The summed E-state index contributed by atoms with van der Waals surface area (Å²) in [5, 5.41) is 4.87. The summed E-state index contributed by atoms with van der Waals surface area (Å²) in [4.78, 5) is 14.4. The van der Waals surface area contributed by atoms with Crippen LogP contribution in [0.5, 0.6) is 5.75 Å². The Labute approximate surface area is 169 Å². The summed E-state index contributed by atoms with van der Waals surface area (Å²) >= 11 is 6.14. The molecule has 0 bridgehead atoms. The molecule has 0 aliphatic carbocycles. The topological polar surface area (TPSA) is 60.5 Å². The number of aromatic nitrogens is 2. The predicted molar refractivity (Wildman–Crippen MR) is 108 cm³/mol.